The summed E-state index contributed by atoms with van der Waals surface area (Å²) in [4.78, 5) is 25.4. The fraction of sp³-hybridized carbons (Fsp3) is 0.0667. The first kappa shape index (κ1) is 16.6. The van der Waals surface area contributed by atoms with Crippen LogP contribution in [0, 0.1) is 0 Å². The molecule has 3 rings (SSSR count). The molecule has 0 aliphatic carbocycles. The van der Waals surface area contributed by atoms with Gasteiger partial charge in [0.15, 0.2) is 5.75 Å². The Balaban J connectivity index is 2.11. The lowest BCUT2D eigenvalue weighted by atomic mass is 10.1. The number of carbonyl (C=O) groups excluding carboxylic acids is 2. The number of rotatable bonds is 2. The van der Waals surface area contributed by atoms with E-state index in [1.54, 1.807) is 0 Å². The van der Waals surface area contributed by atoms with Crippen molar-refractivity contribution in [3.63, 3.8) is 0 Å². The molecule has 0 spiro atoms. The van der Waals surface area contributed by atoms with Gasteiger partial charge in [-0.25, -0.2) is 4.90 Å². The summed E-state index contributed by atoms with van der Waals surface area (Å²) in [6.45, 7) is 0. The van der Waals surface area contributed by atoms with E-state index in [1.165, 1.54) is 24.3 Å². The van der Waals surface area contributed by atoms with E-state index in [4.69, 9.17) is 23.2 Å². The van der Waals surface area contributed by atoms with E-state index in [1.807, 2.05) is 0 Å². The maximum Gasteiger partial charge on any atom is 0.573 e. The van der Waals surface area contributed by atoms with Crippen LogP contribution in [-0.4, -0.2) is 18.2 Å². The summed E-state index contributed by atoms with van der Waals surface area (Å²) < 4.78 is 41.6. The minimum Gasteiger partial charge on any atom is -0.403 e. The molecule has 124 valence electrons. The Kier molecular flexibility index (Phi) is 3.93. The lowest BCUT2D eigenvalue weighted by Gasteiger charge is -2.19. The largest absolute Gasteiger partial charge is 0.573 e. The maximum absolute atomic E-state index is 12.6. The van der Waals surface area contributed by atoms with Gasteiger partial charge in [0, 0.05) is 16.1 Å². The summed E-state index contributed by atoms with van der Waals surface area (Å²) in [5, 5.41) is 0.178. The standard InChI is InChI=1S/C15H6Cl2F3NO3/c16-7-1-3-9-10(5-7)14(23)21(13(9)22)11-4-2-8(17)6-12(11)24-15(18,19)20/h1-6H. The van der Waals surface area contributed by atoms with Crippen molar-refractivity contribution in [3.8, 4) is 5.75 Å². The van der Waals surface area contributed by atoms with Crippen LogP contribution in [0.15, 0.2) is 36.4 Å². The van der Waals surface area contributed by atoms with E-state index < -0.39 is 23.9 Å². The first-order valence-corrected chi connectivity index (χ1v) is 7.16. The fourth-order valence-corrected chi connectivity index (χ4v) is 2.65. The van der Waals surface area contributed by atoms with Crippen LogP contribution in [0.1, 0.15) is 20.7 Å². The Labute approximate surface area is 143 Å². The van der Waals surface area contributed by atoms with Gasteiger partial charge in [-0.2, -0.15) is 0 Å². The molecule has 0 aromatic heterocycles. The number of amides is 2. The van der Waals surface area contributed by atoms with Crippen LogP contribution in [0.4, 0.5) is 18.9 Å². The molecule has 1 aliphatic heterocycles. The molecule has 1 aliphatic rings. The van der Waals surface area contributed by atoms with Crippen LogP contribution in [-0.2, 0) is 0 Å². The molecule has 0 saturated carbocycles. The summed E-state index contributed by atoms with van der Waals surface area (Å²) >= 11 is 11.5. The molecule has 0 bridgehead atoms. The lowest BCUT2D eigenvalue weighted by molar-refractivity contribution is -0.274. The quantitative estimate of drug-likeness (QED) is 0.715. The number of ether oxygens (including phenoxy) is 1. The predicted molar refractivity (Wildman–Crippen MR) is 80.7 cm³/mol. The van der Waals surface area contributed by atoms with Gasteiger partial charge in [0.2, 0.25) is 0 Å². The molecule has 0 N–H and O–H groups in total. The number of anilines is 1. The van der Waals surface area contributed by atoms with Crippen molar-refractivity contribution < 1.29 is 27.5 Å². The molecule has 2 aromatic rings. The second kappa shape index (κ2) is 5.68. The SMILES string of the molecule is O=C1c2ccc(Cl)cc2C(=O)N1c1ccc(Cl)cc1OC(F)(F)F. The third-order valence-electron chi connectivity index (χ3n) is 3.24. The van der Waals surface area contributed by atoms with Crippen LogP contribution in [0.3, 0.4) is 0 Å². The monoisotopic (exact) mass is 375 g/mol. The number of benzene rings is 2. The molecule has 0 fully saturated rings. The van der Waals surface area contributed by atoms with E-state index in [0.717, 1.165) is 12.1 Å². The fourth-order valence-electron chi connectivity index (χ4n) is 2.31. The number of alkyl halides is 3. The van der Waals surface area contributed by atoms with Gasteiger partial charge < -0.3 is 4.74 Å². The molecular weight excluding hydrogens is 370 g/mol. The smallest absolute Gasteiger partial charge is 0.403 e. The van der Waals surface area contributed by atoms with Crippen LogP contribution in [0.5, 0.6) is 5.75 Å². The molecule has 24 heavy (non-hydrogen) atoms. The van der Waals surface area contributed by atoms with E-state index in [9.17, 15) is 22.8 Å². The van der Waals surface area contributed by atoms with E-state index in [-0.39, 0.29) is 26.9 Å². The Bertz CT molecular complexity index is 868. The summed E-state index contributed by atoms with van der Waals surface area (Å²) in [7, 11) is 0. The first-order chi connectivity index (χ1) is 11.2. The summed E-state index contributed by atoms with van der Waals surface area (Å²) in [6.07, 6.45) is -5.01. The number of carbonyl (C=O) groups is 2. The Hall–Kier alpha value is -2.25. The minimum absolute atomic E-state index is 0.000378. The summed E-state index contributed by atoms with van der Waals surface area (Å²) in [5.41, 5.74) is -0.322. The highest BCUT2D eigenvalue weighted by molar-refractivity contribution is 6.37. The van der Waals surface area contributed by atoms with E-state index in [0.29, 0.717) is 4.90 Å². The lowest BCUT2D eigenvalue weighted by Crippen LogP contribution is -2.30. The summed E-state index contributed by atoms with van der Waals surface area (Å²) in [5.74, 6) is -2.33. The van der Waals surface area contributed by atoms with Gasteiger partial charge in [-0.05, 0) is 30.3 Å². The van der Waals surface area contributed by atoms with Crippen molar-refractivity contribution in [1.82, 2.24) is 0 Å². The molecule has 0 unspecified atom stereocenters. The molecule has 1 heterocycles. The zero-order valence-corrected chi connectivity index (χ0v) is 13.0. The van der Waals surface area contributed by atoms with Crippen molar-refractivity contribution >= 4 is 40.7 Å². The Morgan fingerprint density at radius 3 is 2.12 bits per heavy atom. The number of halogens is 5. The number of fused-ring (bicyclic) bond motifs is 1. The predicted octanol–water partition coefficient (Wildman–Crippen LogP) is 4.69. The topological polar surface area (TPSA) is 46.6 Å². The van der Waals surface area contributed by atoms with Gasteiger partial charge in [-0.3, -0.25) is 9.59 Å². The first-order valence-electron chi connectivity index (χ1n) is 6.41. The van der Waals surface area contributed by atoms with Crippen molar-refractivity contribution in [2.75, 3.05) is 4.90 Å². The van der Waals surface area contributed by atoms with Gasteiger partial charge in [0.25, 0.3) is 11.8 Å². The number of hydrogen-bond donors (Lipinski definition) is 0. The average molecular weight is 376 g/mol. The van der Waals surface area contributed by atoms with Gasteiger partial charge in [-0.1, -0.05) is 23.2 Å². The van der Waals surface area contributed by atoms with Gasteiger partial charge >= 0.3 is 6.36 Å². The Morgan fingerprint density at radius 1 is 0.875 bits per heavy atom. The van der Waals surface area contributed by atoms with Gasteiger partial charge in [-0.15, -0.1) is 13.2 Å². The van der Waals surface area contributed by atoms with Gasteiger partial charge in [0.05, 0.1) is 16.8 Å². The van der Waals surface area contributed by atoms with Crippen LogP contribution in [0.2, 0.25) is 10.0 Å². The van der Waals surface area contributed by atoms with E-state index >= 15 is 0 Å². The molecule has 0 atom stereocenters. The van der Waals surface area contributed by atoms with Crippen molar-refractivity contribution in [1.29, 1.82) is 0 Å². The number of nitrogens with zero attached hydrogens (tertiary/aromatic N) is 1. The molecule has 0 radical (unpaired) electrons. The molecular formula is C15H6Cl2F3NO3. The van der Waals surface area contributed by atoms with Crippen LogP contribution < -0.4 is 9.64 Å². The van der Waals surface area contributed by atoms with Crippen LogP contribution >= 0.6 is 23.2 Å². The average Bonchev–Trinajstić information content (AvgIpc) is 2.70. The normalized spacial score (nSPS) is 14.1. The highest BCUT2D eigenvalue weighted by Gasteiger charge is 2.40. The third-order valence-corrected chi connectivity index (χ3v) is 3.71. The molecule has 9 heteroatoms. The molecule has 0 saturated heterocycles. The number of hydrogen-bond acceptors (Lipinski definition) is 3. The number of imide groups is 1. The van der Waals surface area contributed by atoms with Crippen molar-refractivity contribution in [2.24, 2.45) is 0 Å². The molecule has 4 nitrogen and oxygen atoms in total. The van der Waals surface area contributed by atoms with Crippen molar-refractivity contribution in [3.05, 3.63) is 57.6 Å². The van der Waals surface area contributed by atoms with E-state index in [2.05, 4.69) is 4.74 Å². The maximum atomic E-state index is 12.6. The molecule has 2 amide bonds. The zero-order chi connectivity index (χ0) is 17.6. The summed E-state index contributed by atoms with van der Waals surface area (Å²) in [6, 6.07) is 7.24. The zero-order valence-electron chi connectivity index (χ0n) is 11.5. The third kappa shape index (κ3) is 2.92. The van der Waals surface area contributed by atoms with Crippen LogP contribution in [0.25, 0.3) is 0 Å². The second-order valence-corrected chi connectivity index (χ2v) is 5.67. The minimum atomic E-state index is -5.01. The molecule has 2 aromatic carbocycles. The second-order valence-electron chi connectivity index (χ2n) is 4.80. The van der Waals surface area contributed by atoms with Crippen molar-refractivity contribution in [2.45, 2.75) is 6.36 Å². The van der Waals surface area contributed by atoms with Gasteiger partial charge in [0.1, 0.15) is 0 Å². The Morgan fingerprint density at radius 2 is 1.46 bits per heavy atom. The highest BCUT2D eigenvalue weighted by atomic mass is 35.5. The highest BCUT2D eigenvalue weighted by Crippen LogP contribution is 2.39.